The lowest BCUT2D eigenvalue weighted by Gasteiger charge is -2.07. The van der Waals surface area contributed by atoms with Crippen molar-refractivity contribution in [2.45, 2.75) is 19.9 Å². The van der Waals surface area contributed by atoms with E-state index in [0.29, 0.717) is 17.9 Å². The van der Waals surface area contributed by atoms with Crippen LogP contribution in [0.15, 0.2) is 79.0 Å². The van der Waals surface area contributed by atoms with Crippen molar-refractivity contribution < 1.29 is 19.0 Å². The molecule has 1 N–H and O–H groups in total. The van der Waals surface area contributed by atoms with Gasteiger partial charge in [-0.25, -0.2) is 4.79 Å². The molecule has 7 heteroatoms. The highest BCUT2D eigenvalue weighted by Gasteiger charge is 2.25. The SMILES string of the molecule is CCOC(=O)c1[nH]nc(-c2cn(Cc3ccccc3)c3ccccc23)c1Cc1ccc2c(c1)OCO2. The lowest BCUT2D eigenvalue weighted by molar-refractivity contribution is 0.0518. The number of hydrogen-bond acceptors (Lipinski definition) is 5. The van der Waals surface area contributed by atoms with Crippen molar-refractivity contribution in [2.24, 2.45) is 0 Å². The number of nitrogens with zero attached hydrogens (tertiary/aromatic N) is 2. The fraction of sp³-hybridized carbons (Fsp3) is 0.172. The second-order valence-electron chi connectivity index (χ2n) is 8.68. The number of rotatable bonds is 7. The number of esters is 1. The number of H-pyrrole nitrogens is 1. The molecule has 0 fully saturated rings. The van der Waals surface area contributed by atoms with E-state index >= 15 is 0 Å². The Bertz CT molecular complexity index is 1550. The van der Waals surface area contributed by atoms with Crippen LogP contribution in [-0.4, -0.2) is 34.1 Å². The third-order valence-electron chi connectivity index (χ3n) is 6.40. The first-order chi connectivity index (χ1) is 17.7. The number of aromatic amines is 1. The van der Waals surface area contributed by atoms with Crippen LogP contribution < -0.4 is 9.47 Å². The molecule has 0 bridgehead atoms. The molecule has 0 saturated heterocycles. The van der Waals surface area contributed by atoms with Crippen LogP contribution in [0.2, 0.25) is 0 Å². The van der Waals surface area contributed by atoms with Crippen molar-refractivity contribution in [3.8, 4) is 22.8 Å². The van der Waals surface area contributed by atoms with E-state index in [1.54, 1.807) is 6.92 Å². The Labute approximate surface area is 208 Å². The number of nitrogens with one attached hydrogen (secondary N) is 1. The topological polar surface area (TPSA) is 78.4 Å². The molecule has 3 heterocycles. The highest BCUT2D eigenvalue weighted by atomic mass is 16.7. The second kappa shape index (κ2) is 9.26. The van der Waals surface area contributed by atoms with Crippen LogP contribution in [0.25, 0.3) is 22.2 Å². The Kier molecular flexibility index (Phi) is 5.65. The zero-order valence-corrected chi connectivity index (χ0v) is 19.9. The lowest BCUT2D eigenvalue weighted by Crippen LogP contribution is -2.08. The van der Waals surface area contributed by atoms with E-state index in [1.165, 1.54) is 5.56 Å². The monoisotopic (exact) mass is 479 g/mol. The van der Waals surface area contributed by atoms with Gasteiger partial charge in [0.25, 0.3) is 0 Å². The minimum atomic E-state index is -0.417. The van der Waals surface area contributed by atoms with E-state index < -0.39 is 5.97 Å². The summed E-state index contributed by atoms with van der Waals surface area (Å²) in [6.07, 6.45) is 2.60. The van der Waals surface area contributed by atoms with Crippen LogP contribution in [0, 0.1) is 0 Å². The normalized spacial score (nSPS) is 12.2. The molecule has 5 aromatic rings. The molecule has 0 spiro atoms. The Morgan fingerprint density at radius 3 is 2.67 bits per heavy atom. The Morgan fingerprint density at radius 1 is 1.00 bits per heavy atom. The Morgan fingerprint density at radius 2 is 1.81 bits per heavy atom. The first kappa shape index (κ1) is 22.0. The van der Waals surface area contributed by atoms with Crippen molar-refractivity contribution >= 4 is 16.9 Å². The molecule has 6 rings (SSSR count). The average molecular weight is 480 g/mol. The number of aromatic nitrogens is 3. The zero-order valence-electron chi connectivity index (χ0n) is 19.9. The van der Waals surface area contributed by atoms with Crippen LogP contribution in [-0.2, 0) is 17.7 Å². The summed E-state index contributed by atoms with van der Waals surface area (Å²) in [5.74, 6) is 1.01. The van der Waals surface area contributed by atoms with Crippen molar-refractivity contribution in [3.63, 3.8) is 0 Å². The highest BCUT2D eigenvalue weighted by Crippen LogP contribution is 2.37. The summed E-state index contributed by atoms with van der Waals surface area (Å²) in [6.45, 7) is 3.02. The maximum atomic E-state index is 12.9. The first-order valence-electron chi connectivity index (χ1n) is 12.0. The van der Waals surface area contributed by atoms with Crippen LogP contribution in [0.4, 0.5) is 0 Å². The quantitative estimate of drug-likeness (QED) is 0.309. The highest BCUT2D eigenvalue weighted by molar-refractivity contribution is 5.98. The summed E-state index contributed by atoms with van der Waals surface area (Å²) in [4.78, 5) is 12.9. The van der Waals surface area contributed by atoms with Gasteiger partial charge in [0.2, 0.25) is 6.79 Å². The fourth-order valence-electron chi connectivity index (χ4n) is 4.73. The fourth-order valence-corrected chi connectivity index (χ4v) is 4.73. The van der Waals surface area contributed by atoms with E-state index in [9.17, 15) is 4.79 Å². The third-order valence-corrected chi connectivity index (χ3v) is 6.40. The smallest absolute Gasteiger partial charge is 0.356 e. The minimum Gasteiger partial charge on any atom is -0.461 e. The van der Waals surface area contributed by atoms with Gasteiger partial charge < -0.3 is 18.8 Å². The van der Waals surface area contributed by atoms with Gasteiger partial charge in [-0.3, -0.25) is 5.10 Å². The summed E-state index contributed by atoms with van der Waals surface area (Å²) >= 11 is 0. The maximum Gasteiger partial charge on any atom is 0.356 e. The largest absolute Gasteiger partial charge is 0.461 e. The molecule has 3 aromatic carbocycles. The molecule has 1 aliphatic rings. The summed E-state index contributed by atoms with van der Waals surface area (Å²) < 4.78 is 18.6. The number of para-hydroxylation sites is 1. The predicted octanol–water partition coefficient (Wildman–Crippen LogP) is 5.58. The van der Waals surface area contributed by atoms with Gasteiger partial charge in [-0.05, 0) is 36.2 Å². The van der Waals surface area contributed by atoms with Crippen LogP contribution in [0.1, 0.15) is 34.1 Å². The van der Waals surface area contributed by atoms with Gasteiger partial charge in [0.05, 0.1) is 12.3 Å². The number of carbonyl (C=O) groups is 1. The number of fused-ring (bicyclic) bond motifs is 2. The zero-order chi connectivity index (χ0) is 24.5. The van der Waals surface area contributed by atoms with Gasteiger partial charge in [0.15, 0.2) is 11.5 Å². The van der Waals surface area contributed by atoms with Crippen molar-refractivity contribution in [3.05, 3.63) is 101 Å². The molecule has 0 unspecified atom stereocenters. The van der Waals surface area contributed by atoms with E-state index in [1.807, 2.05) is 48.5 Å². The van der Waals surface area contributed by atoms with E-state index in [-0.39, 0.29) is 13.4 Å². The Hall–Kier alpha value is -4.52. The number of ether oxygens (including phenoxy) is 3. The van der Waals surface area contributed by atoms with Crippen molar-refractivity contribution in [1.82, 2.24) is 14.8 Å². The Balaban J connectivity index is 1.46. The van der Waals surface area contributed by atoms with Gasteiger partial charge >= 0.3 is 5.97 Å². The molecular weight excluding hydrogens is 454 g/mol. The summed E-state index contributed by atoms with van der Waals surface area (Å²) in [6, 6.07) is 24.4. The van der Waals surface area contributed by atoms with Gasteiger partial charge in [0.1, 0.15) is 5.69 Å². The molecule has 1 aliphatic heterocycles. The van der Waals surface area contributed by atoms with E-state index in [0.717, 1.165) is 45.6 Å². The second-order valence-corrected chi connectivity index (χ2v) is 8.68. The number of benzene rings is 3. The summed E-state index contributed by atoms with van der Waals surface area (Å²) in [5.41, 5.74) is 6.15. The van der Waals surface area contributed by atoms with Gasteiger partial charge in [0, 0.05) is 41.2 Å². The molecule has 7 nitrogen and oxygen atoms in total. The molecule has 36 heavy (non-hydrogen) atoms. The summed E-state index contributed by atoms with van der Waals surface area (Å²) in [5, 5.41) is 8.67. The van der Waals surface area contributed by atoms with Crippen LogP contribution in [0.5, 0.6) is 11.5 Å². The molecule has 180 valence electrons. The van der Waals surface area contributed by atoms with Gasteiger partial charge in [-0.15, -0.1) is 0 Å². The molecule has 0 amide bonds. The standard InChI is InChI=1S/C29H25N3O4/c1-2-34-29(33)28-22(14-20-12-13-25-26(15-20)36-18-35-25)27(30-31-28)23-17-32(16-19-8-4-3-5-9-19)24-11-7-6-10-21(23)24/h3-13,15,17H,2,14,16,18H2,1H3,(H,30,31). The molecule has 0 radical (unpaired) electrons. The molecule has 0 aliphatic carbocycles. The van der Waals surface area contributed by atoms with E-state index in [2.05, 4.69) is 45.2 Å². The predicted molar refractivity (Wildman–Crippen MR) is 136 cm³/mol. The van der Waals surface area contributed by atoms with Gasteiger partial charge in [-0.2, -0.15) is 5.10 Å². The average Bonchev–Trinajstić information content (AvgIpc) is 3.62. The van der Waals surface area contributed by atoms with Crippen molar-refractivity contribution in [2.75, 3.05) is 13.4 Å². The number of hydrogen-bond donors (Lipinski definition) is 1. The first-order valence-corrected chi connectivity index (χ1v) is 12.0. The maximum absolute atomic E-state index is 12.9. The molecule has 0 atom stereocenters. The van der Waals surface area contributed by atoms with Gasteiger partial charge in [-0.1, -0.05) is 54.6 Å². The molecular formula is C29H25N3O4. The summed E-state index contributed by atoms with van der Waals surface area (Å²) in [7, 11) is 0. The third kappa shape index (κ3) is 3.98. The molecule has 2 aromatic heterocycles. The van der Waals surface area contributed by atoms with E-state index in [4.69, 9.17) is 14.2 Å². The minimum absolute atomic E-state index is 0.213. The lowest BCUT2D eigenvalue weighted by atomic mass is 9.98. The molecule has 0 saturated carbocycles. The van der Waals surface area contributed by atoms with Crippen molar-refractivity contribution in [1.29, 1.82) is 0 Å². The van der Waals surface area contributed by atoms with Crippen LogP contribution >= 0.6 is 0 Å². The van der Waals surface area contributed by atoms with Crippen LogP contribution in [0.3, 0.4) is 0 Å². The number of carbonyl (C=O) groups excluding carboxylic acids is 1.